The van der Waals surface area contributed by atoms with E-state index in [4.69, 9.17) is 9.84 Å². The molecule has 102 valence electrons. The van der Waals surface area contributed by atoms with E-state index in [9.17, 15) is 9.59 Å². The van der Waals surface area contributed by atoms with Crippen LogP contribution < -0.4 is 0 Å². The first-order valence-corrected chi connectivity index (χ1v) is 6.26. The van der Waals surface area contributed by atoms with Gasteiger partial charge in [-0.25, -0.2) is 9.59 Å². The number of carboxylic acids is 1. The summed E-state index contributed by atoms with van der Waals surface area (Å²) in [7, 11) is 0. The minimum absolute atomic E-state index is 0.0502. The summed E-state index contributed by atoms with van der Waals surface area (Å²) in [5, 5.41) is 9.02. The van der Waals surface area contributed by atoms with E-state index in [0.29, 0.717) is 6.42 Å². The lowest BCUT2D eigenvalue weighted by atomic mass is 10.1. The molecule has 4 nitrogen and oxygen atoms in total. The second-order valence-electron chi connectivity index (χ2n) is 4.17. The Bertz CT molecular complexity index is 465. The molecule has 0 unspecified atom stereocenters. The number of rotatable bonds is 7. The van der Waals surface area contributed by atoms with Crippen LogP contribution in [0.1, 0.15) is 46.9 Å². The summed E-state index contributed by atoms with van der Waals surface area (Å²) in [5.41, 5.74) is 0.0177. The molecule has 0 aliphatic carbocycles. The molecule has 1 aromatic rings. The van der Waals surface area contributed by atoms with Crippen LogP contribution in [0.15, 0.2) is 36.9 Å². The lowest BCUT2D eigenvalue weighted by Crippen LogP contribution is -2.18. The van der Waals surface area contributed by atoms with Crippen LogP contribution in [0.4, 0.5) is 0 Å². The van der Waals surface area contributed by atoms with E-state index in [1.165, 1.54) is 12.1 Å². The SMILES string of the molecule is C=C[C@@H](CCCC)OC(=O)c1ccccc1C(=O)O. The molecule has 19 heavy (non-hydrogen) atoms. The maximum Gasteiger partial charge on any atom is 0.339 e. The highest BCUT2D eigenvalue weighted by molar-refractivity contribution is 6.02. The van der Waals surface area contributed by atoms with E-state index in [-0.39, 0.29) is 17.2 Å². The summed E-state index contributed by atoms with van der Waals surface area (Å²) in [6.07, 6.45) is 3.80. The maximum atomic E-state index is 12.0. The summed E-state index contributed by atoms with van der Waals surface area (Å²) in [6.45, 7) is 5.67. The van der Waals surface area contributed by atoms with Crippen molar-refractivity contribution in [2.45, 2.75) is 32.3 Å². The number of unbranched alkanes of at least 4 members (excludes halogenated alkanes) is 1. The van der Waals surface area contributed by atoms with Gasteiger partial charge < -0.3 is 9.84 Å². The highest BCUT2D eigenvalue weighted by Crippen LogP contribution is 2.14. The molecule has 1 rings (SSSR count). The molecule has 0 saturated heterocycles. The number of hydrogen-bond acceptors (Lipinski definition) is 3. The first kappa shape index (κ1) is 15.0. The topological polar surface area (TPSA) is 63.6 Å². The van der Waals surface area contributed by atoms with Gasteiger partial charge in [0.2, 0.25) is 0 Å². The van der Waals surface area contributed by atoms with Crippen LogP contribution in [-0.2, 0) is 4.74 Å². The largest absolute Gasteiger partial charge is 0.478 e. The van der Waals surface area contributed by atoms with Crippen LogP contribution in [0.5, 0.6) is 0 Å². The molecule has 4 heteroatoms. The molecule has 0 aromatic heterocycles. The average molecular weight is 262 g/mol. The molecular weight excluding hydrogens is 244 g/mol. The Labute approximate surface area is 112 Å². The van der Waals surface area contributed by atoms with Gasteiger partial charge in [-0.3, -0.25) is 0 Å². The van der Waals surface area contributed by atoms with Crippen molar-refractivity contribution >= 4 is 11.9 Å². The molecule has 1 N–H and O–H groups in total. The Morgan fingerprint density at radius 1 is 1.37 bits per heavy atom. The number of benzene rings is 1. The summed E-state index contributed by atoms with van der Waals surface area (Å²) in [4.78, 5) is 23.0. The third-order valence-corrected chi connectivity index (χ3v) is 2.74. The third-order valence-electron chi connectivity index (χ3n) is 2.74. The van der Waals surface area contributed by atoms with E-state index in [1.807, 2.05) is 6.92 Å². The Hall–Kier alpha value is -2.10. The number of carboxylic acid groups (broad SMARTS) is 1. The molecule has 0 aliphatic heterocycles. The fourth-order valence-corrected chi connectivity index (χ4v) is 1.68. The Morgan fingerprint density at radius 2 is 2.00 bits per heavy atom. The van der Waals surface area contributed by atoms with Crippen molar-refractivity contribution in [3.05, 3.63) is 48.0 Å². The van der Waals surface area contributed by atoms with Crippen molar-refractivity contribution in [1.29, 1.82) is 0 Å². The summed E-state index contributed by atoms with van der Waals surface area (Å²) in [5.74, 6) is -1.77. The zero-order chi connectivity index (χ0) is 14.3. The minimum atomic E-state index is -1.14. The van der Waals surface area contributed by atoms with Gasteiger partial charge in [-0.05, 0) is 25.0 Å². The van der Waals surface area contributed by atoms with Crippen molar-refractivity contribution < 1.29 is 19.4 Å². The summed E-state index contributed by atoms with van der Waals surface area (Å²) >= 11 is 0. The number of carbonyl (C=O) groups excluding carboxylic acids is 1. The molecule has 0 spiro atoms. The van der Waals surface area contributed by atoms with E-state index < -0.39 is 11.9 Å². The normalized spacial score (nSPS) is 11.6. The van der Waals surface area contributed by atoms with Crippen LogP contribution >= 0.6 is 0 Å². The van der Waals surface area contributed by atoms with Gasteiger partial charge >= 0.3 is 11.9 Å². The zero-order valence-corrected chi connectivity index (χ0v) is 11.0. The van der Waals surface area contributed by atoms with Crippen LogP contribution in [0.25, 0.3) is 0 Å². The highest BCUT2D eigenvalue weighted by atomic mass is 16.5. The average Bonchev–Trinajstić information content (AvgIpc) is 2.43. The van der Waals surface area contributed by atoms with Gasteiger partial charge in [0.05, 0.1) is 11.1 Å². The molecule has 0 amide bonds. The Morgan fingerprint density at radius 3 is 2.53 bits per heavy atom. The maximum absolute atomic E-state index is 12.0. The Balaban J connectivity index is 2.82. The smallest absolute Gasteiger partial charge is 0.339 e. The number of carbonyl (C=O) groups is 2. The molecule has 1 atom stereocenters. The molecule has 0 saturated carbocycles. The first-order chi connectivity index (χ1) is 9.10. The van der Waals surface area contributed by atoms with E-state index >= 15 is 0 Å². The molecular formula is C15H18O4. The van der Waals surface area contributed by atoms with Crippen molar-refractivity contribution in [1.82, 2.24) is 0 Å². The lowest BCUT2D eigenvalue weighted by molar-refractivity contribution is 0.0370. The molecule has 0 fully saturated rings. The van der Waals surface area contributed by atoms with Crippen molar-refractivity contribution in [3.63, 3.8) is 0 Å². The summed E-state index contributed by atoms with van der Waals surface area (Å²) < 4.78 is 5.26. The predicted octanol–water partition coefficient (Wildman–Crippen LogP) is 3.29. The van der Waals surface area contributed by atoms with Crippen molar-refractivity contribution in [2.75, 3.05) is 0 Å². The molecule has 0 radical (unpaired) electrons. The van der Waals surface area contributed by atoms with Gasteiger partial charge in [-0.15, -0.1) is 0 Å². The van der Waals surface area contributed by atoms with Gasteiger partial charge in [-0.2, -0.15) is 0 Å². The van der Waals surface area contributed by atoms with Gasteiger partial charge in [0.1, 0.15) is 6.10 Å². The van der Waals surface area contributed by atoms with Crippen LogP contribution in [0.2, 0.25) is 0 Å². The van der Waals surface area contributed by atoms with Gasteiger partial charge in [-0.1, -0.05) is 38.1 Å². The lowest BCUT2D eigenvalue weighted by Gasteiger charge is -2.14. The van der Waals surface area contributed by atoms with Crippen molar-refractivity contribution in [3.8, 4) is 0 Å². The van der Waals surface area contributed by atoms with Crippen LogP contribution in [-0.4, -0.2) is 23.1 Å². The van der Waals surface area contributed by atoms with Crippen molar-refractivity contribution in [2.24, 2.45) is 0 Å². The highest BCUT2D eigenvalue weighted by Gasteiger charge is 2.19. The number of aromatic carboxylic acids is 1. The van der Waals surface area contributed by atoms with Gasteiger partial charge in [0.15, 0.2) is 0 Å². The van der Waals surface area contributed by atoms with Crippen LogP contribution in [0, 0.1) is 0 Å². The van der Waals surface area contributed by atoms with Crippen LogP contribution in [0.3, 0.4) is 0 Å². The fraction of sp³-hybridized carbons (Fsp3) is 0.333. The standard InChI is InChI=1S/C15H18O4/c1-3-5-8-11(4-2)19-15(18)13-10-7-6-9-12(13)14(16)17/h4,6-7,9-11H,2-3,5,8H2,1H3,(H,16,17)/t11-/m0/s1. The van der Waals surface area contributed by atoms with E-state index in [2.05, 4.69) is 6.58 Å². The quantitative estimate of drug-likeness (QED) is 0.605. The number of esters is 1. The monoisotopic (exact) mass is 262 g/mol. The van der Waals surface area contributed by atoms with Gasteiger partial charge in [0, 0.05) is 0 Å². The van der Waals surface area contributed by atoms with E-state index in [1.54, 1.807) is 18.2 Å². The third kappa shape index (κ3) is 4.25. The predicted molar refractivity (Wildman–Crippen MR) is 72.3 cm³/mol. The molecule has 1 aromatic carbocycles. The number of hydrogen-bond donors (Lipinski definition) is 1. The Kier molecular flexibility index (Phi) is 5.79. The zero-order valence-electron chi connectivity index (χ0n) is 11.0. The second-order valence-corrected chi connectivity index (χ2v) is 4.17. The second kappa shape index (κ2) is 7.36. The number of ether oxygens (including phenoxy) is 1. The molecule has 0 aliphatic rings. The minimum Gasteiger partial charge on any atom is -0.478 e. The first-order valence-electron chi connectivity index (χ1n) is 6.26. The van der Waals surface area contributed by atoms with E-state index in [0.717, 1.165) is 12.8 Å². The summed E-state index contributed by atoms with van der Waals surface area (Å²) in [6, 6.07) is 6.01. The molecule has 0 bridgehead atoms. The fourth-order valence-electron chi connectivity index (χ4n) is 1.68. The molecule has 0 heterocycles. The van der Waals surface area contributed by atoms with Gasteiger partial charge in [0.25, 0.3) is 0 Å².